The quantitative estimate of drug-likeness (QED) is 0.782. The summed E-state index contributed by atoms with van der Waals surface area (Å²) in [6.07, 6.45) is -0.587. The maximum Gasteiger partial charge on any atom is 0.265 e. The smallest absolute Gasteiger partial charge is 0.265 e. The van der Waals surface area contributed by atoms with Crippen LogP contribution in [0.15, 0.2) is 47.4 Å². The molecule has 1 amide bonds. The summed E-state index contributed by atoms with van der Waals surface area (Å²) in [6, 6.07) is 11.2. The van der Waals surface area contributed by atoms with Crippen molar-refractivity contribution in [1.29, 1.82) is 0 Å². The van der Waals surface area contributed by atoms with Gasteiger partial charge in [0, 0.05) is 13.0 Å². The van der Waals surface area contributed by atoms with Crippen LogP contribution in [0.2, 0.25) is 5.02 Å². The molecule has 1 aliphatic rings. The van der Waals surface area contributed by atoms with Crippen LogP contribution in [0.1, 0.15) is 6.42 Å². The van der Waals surface area contributed by atoms with Gasteiger partial charge in [0.2, 0.25) is 10.0 Å². The molecule has 1 unspecified atom stereocenters. The van der Waals surface area contributed by atoms with Crippen LogP contribution in [0.25, 0.3) is 0 Å². The normalized spacial score (nSPS) is 16.4. The van der Waals surface area contributed by atoms with Crippen molar-refractivity contribution in [2.45, 2.75) is 17.4 Å². The van der Waals surface area contributed by atoms with Crippen LogP contribution in [-0.4, -0.2) is 34.1 Å². The molecule has 9 heteroatoms. The van der Waals surface area contributed by atoms with Crippen LogP contribution < -0.4 is 19.5 Å². The minimum absolute atomic E-state index is 0.0164. The van der Waals surface area contributed by atoms with Crippen LogP contribution in [0.4, 0.5) is 5.69 Å². The Morgan fingerprint density at radius 3 is 2.77 bits per heavy atom. The van der Waals surface area contributed by atoms with Crippen molar-refractivity contribution >= 4 is 33.2 Å². The van der Waals surface area contributed by atoms with Crippen LogP contribution in [-0.2, 0) is 14.8 Å². The minimum Gasteiger partial charge on any atom is -0.495 e. The number of carbonyl (C=O) groups is 1. The van der Waals surface area contributed by atoms with Gasteiger partial charge in [0.1, 0.15) is 11.5 Å². The molecule has 1 aliphatic heterocycles. The first-order valence-electron chi connectivity index (χ1n) is 7.80. The number of hydrogen-bond acceptors (Lipinski definition) is 5. The standard InChI is InChI=1S/C17H17ClN2O5S/c1-24-14-7-6-11(10-12(14)18)26(22,23)19-9-8-16-17(21)20-13-4-2-3-5-15(13)25-16/h2-7,10,16,19H,8-9H2,1H3,(H,20,21). The Bertz CT molecular complexity index is 933. The second kappa shape index (κ2) is 7.53. The van der Waals surface area contributed by atoms with E-state index in [1.165, 1.54) is 25.3 Å². The van der Waals surface area contributed by atoms with E-state index in [2.05, 4.69) is 10.0 Å². The number of para-hydroxylation sites is 2. The predicted molar refractivity (Wildman–Crippen MR) is 97.3 cm³/mol. The number of halogens is 1. The second-order valence-electron chi connectivity index (χ2n) is 5.57. The number of ether oxygens (including phenoxy) is 2. The van der Waals surface area contributed by atoms with Gasteiger partial charge >= 0.3 is 0 Å². The molecule has 2 aromatic carbocycles. The van der Waals surface area contributed by atoms with Crippen molar-refractivity contribution in [3.8, 4) is 11.5 Å². The van der Waals surface area contributed by atoms with Crippen molar-refractivity contribution in [3.05, 3.63) is 47.5 Å². The van der Waals surface area contributed by atoms with Crippen molar-refractivity contribution in [3.63, 3.8) is 0 Å². The third kappa shape index (κ3) is 3.92. The zero-order chi connectivity index (χ0) is 18.7. The number of sulfonamides is 1. The number of fused-ring (bicyclic) bond motifs is 1. The van der Waals surface area contributed by atoms with Crippen LogP contribution in [0, 0.1) is 0 Å². The summed E-state index contributed by atoms with van der Waals surface area (Å²) in [4.78, 5) is 12.1. The molecule has 3 rings (SSSR count). The molecule has 0 fully saturated rings. The lowest BCUT2D eigenvalue weighted by Crippen LogP contribution is -2.39. The molecule has 1 heterocycles. The molecule has 0 spiro atoms. The zero-order valence-electron chi connectivity index (χ0n) is 13.9. The highest BCUT2D eigenvalue weighted by Crippen LogP contribution is 2.30. The Labute approximate surface area is 156 Å². The Balaban J connectivity index is 1.62. The maximum absolute atomic E-state index is 12.4. The van der Waals surface area contributed by atoms with Gasteiger partial charge in [-0.1, -0.05) is 23.7 Å². The summed E-state index contributed by atoms with van der Waals surface area (Å²) in [5.41, 5.74) is 0.599. The molecule has 0 saturated carbocycles. The van der Waals surface area contributed by atoms with E-state index < -0.39 is 16.1 Å². The fourth-order valence-electron chi connectivity index (χ4n) is 2.50. The largest absolute Gasteiger partial charge is 0.495 e. The first-order valence-corrected chi connectivity index (χ1v) is 9.66. The number of nitrogens with one attached hydrogen (secondary N) is 2. The predicted octanol–water partition coefficient (Wildman–Crippen LogP) is 2.42. The van der Waals surface area contributed by atoms with Crippen LogP contribution in [0.3, 0.4) is 0 Å². The Morgan fingerprint density at radius 2 is 2.04 bits per heavy atom. The number of anilines is 1. The number of benzene rings is 2. The van der Waals surface area contributed by atoms with Gasteiger partial charge in [0.05, 0.1) is 22.7 Å². The van der Waals surface area contributed by atoms with Gasteiger partial charge in [-0.2, -0.15) is 0 Å². The average Bonchev–Trinajstić information content (AvgIpc) is 2.62. The molecule has 0 aromatic heterocycles. The topological polar surface area (TPSA) is 93.7 Å². The molecular weight excluding hydrogens is 380 g/mol. The number of hydrogen-bond donors (Lipinski definition) is 2. The van der Waals surface area contributed by atoms with Crippen LogP contribution >= 0.6 is 11.6 Å². The fraction of sp³-hybridized carbons (Fsp3) is 0.235. The molecule has 0 aliphatic carbocycles. The highest BCUT2D eigenvalue weighted by Gasteiger charge is 2.27. The van der Waals surface area contributed by atoms with Crippen molar-refractivity contribution in [2.24, 2.45) is 0 Å². The van der Waals surface area contributed by atoms with E-state index in [0.717, 1.165) is 0 Å². The lowest BCUT2D eigenvalue weighted by molar-refractivity contribution is -0.123. The average molecular weight is 397 g/mol. The summed E-state index contributed by atoms with van der Waals surface area (Å²) >= 11 is 5.97. The molecule has 26 heavy (non-hydrogen) atoms. The van der Waals surface area contributed by atoms with E-state index in [4.69, 9.17) is 21.1 Å². The maximum atomic E-state index is 12.4. The van der Waals surface area contributed by atoms with E-state index in [1.807, 2.05) is 0 Å². The zero-order valence-corrected chi connectivity index (χ0v) is 15.4. The minimum atomic E-state index is -3.76. The van der Waals surface area contributed by atoms with Gasteiger partial charge < -0.3 is 14.8 Å². The number of amides is 1. The lowest BCUT2D eigenvalue weighted by atomic mass is 10.2. The fourth-order valence-corrected chi connectivity index (χ4v) is 3.90. The molecule has 2 N–H and O–H groups in total. The summed E-state index contributed by atoms with van der Waals surface area (Å²) in [5.74, 6) is 0.633. The van der Waals surface area contributed by atoms with E-state index >= 15 is 0 Å². The van der Waals surface area contributed by atoms with Crippen molar-refractivity contribution in [2.75, 3.05) is 19.0 Å². The molecule has 0 bridgehead atoms. The number of rotatable bonds is 6. The van der Waals surface area contributed by atoms with Gasteiger partial charge in [-0.05, 0) is 30.3 Å². The highest BCUT2D eigenvalue weighted by atomic mass is 35.5. The Morgan fingerprint density at radius 1 is 1.27 bits per heavy atom. The van der Waals surface area contributed by atoms with Crippen LogP contribution in [0.5, 0.6) is 11.5 Å². The third-order valence-corrected chi connectivity index (χ3v) is 5.59. The third-order valence-electron chi connectivity index (χ3n) is 3.84. The van der Waals surface area contributed by atoms with E-state index in [-0.39, 0.29) is 28.8 Å². The molecular formula is C17H17ClN2O5S. The molecule has 7 nitrogen and oxygen atoms in total. The van der Waals surface area contributed by atoms with Gasteiger partial charge in [-0.3, -0.25) is 4.79 Å². The first kappa shape index (κ1) is 18.5. The summed E-state index contributed by atoms with van der Waals surface area (Å²) in [7, 11) is -2.32. The lowest BCUT2D eigenvalue weighted by Gasteiger charge is -2.25. The number of methoxy groups -OCH3 is 1. The van der Waals surface area contributed by atoms with E-state index in [1.54, 1.807) is 24.3 Å². The Hall–Kier alpha value is -2.29. The summed E-state index contributed by atoms with van der Waals surface area (Å²) in [6.45, 7) is 0.0340. The number of carbonyl (C=O) groups excluding carboxylic acids is 1. The molecule has 1 atom stereocenters. The molecule has 0 radical (unpaired) electrons. The van der Waals surface area contributed by atoms with E-state index in [0.29, 0.717) is 17.2 Å². The highest BCUT2D eigenvalue weighted by molar-refractivity contribution is 7.89. The molecule has 0 saturated heterocycles. The van der Waals surface area contributed by atoms with Crippen molar-refractivity contribution in [1.82, 2.24) is 4.72 Å². The summed E-state index contributed by atoms with van der Waals surface area (Å²) < 4.78 is 37.8. The van der Waals surface area contributed by atoms with Gasteiger partial charge in [0.25, 0.3) is 5.91 Å². The molecule has 2 aromatic rings. The van der Waals surface area contributed by atoms with Gasteiger partial charge in [0.15, 0.2) is 6.10 Å². The van der Waals surface area contributed by atoms with Gasteiger partial charge in [-0.15, -0.1) is 0 Å². The van der Waals surface area contributed by atoms with Crippen molar-refractivity contribution < 1.29 is 22.7 Å². The van der Waals surface area contributed by atoms with E-state index in [9.17, 15) is 13.2 Å². The SMILES string of the molecule is COc1ccc(S(=O)(=O)NCCC2Oc3ccccc3NC2=O)cc1Cl. The Kier molecular flexibility index (Phi) is 5.36. The molecule has 138 valence electrons. The summed E-state index contributed by atoms with van der Waals surface area (Å²) in [5, 5.41) is 2.93. The first-order chi connectivity index (χ1) is 12.4. The monoisotopic (exact) mass is 396 g/mol. The van der Waals surface area contributed by atoms with Gasteiger partial charge in [-0.25, -0.2) is 13.1 Å². The second-order valence-corrected chi connectivity index (χ2v) is 7.75.